The van der Waals surface area contributed by atoms with Gasteiger partial charge in [-0.05, 0) is 36.5 Å². The van der Waals surface area contributed by atoms with Crippen LogP contribution < -0.4 is 5.32 Å². The first-order valence-corrected chi connectivity index (χ1v) is 7.62. The number of hydrogen-bond donors (Lipinski definition) is 2. The highest BCUT2D eigenvalue weighted by Gasteiger charge is 2.18. The van der Waals surface area contributed by atoms with Crippen LogP contribution in [0.1, 0.15) is 37.0 Å². The average molecular weight is 292 g/mol. The second-order valence-electron chi connectivity index (χ2n) is 5.71. The Bertz CT molecular complexity index is 592. The number of carbonyl (C=O) groups excluding carboxylic acids is 1. The summed E-state index contributed by atoms with van der Waals surface area (Å²) in [5, 5.41) is 11.8. The number of aliphatic hydroxyl groups is 1. The summed E-state index contributed by atoms with van der Waals surface area (Å²) in [5.74, 6) is -0.0580. The van der Waals surface area contributed by atoms with Crippen molar-refractivity contribution in [1.29, 1.82) is 0 Å². The molecular formula is C15H20N2O2S. The van der Waals surface area contributed by atoms with E-state index in [1.54, 1.807) is 11.6 Å². The smallest absolute Gasteiger partial charge is 0.251 e. The molecule has 108 valence electrons. The number of nitrogens with one attached hydrogen (secondary N) is 1. The fraction of sp³-hybridized carbons (Fsp3) is 0.467. The molecule has 0 aliphatic carbocycles. The zero-order valence-electron chi connectivity index (χ0n) is 11.8. The molecule has 4 nitrogen and oxygen atoms in total. The molecule has 0 aliphatic rings. The van der Waals surface area contributed by atoms with Crippen molar-refractivity contribution in [1.82, 2.24) is 10.3 Å². The number of aliphatic hydroxyl groups excluding tert-OH is 1. The summed E-state index contributed by atoms with van der Waals surface area (Å²) in [6.07, 6.45) is 1.65. The first-order chi connectivity index (χ1) is 9.52. The molecule has 1 heterocycles. The van der Waals surface area contributed by atoms with Gasteiger partial charge in [0, 0.05) is 18.7 Å². The molecule has 0 fully saturated rings. The largest absolute Gasteiger partial charge is 0.396 e. The van der Waals surface area contributed by atoms with Gasteiger partial charge in [0.2, 0.25) is 0 Å². The van der Waals surface area contributed by atoms with Crippen molar-refractivity contribution in [3.05, 3.63) is 29.3 Å². The lowest BCUT2D eigenvalue weighted by Gasteiger charge is -2.24. The molecule has 0 saturated carbocycles. The molecule has 1 aromatic heterocycles. The number of benzene rings is 1. The van der Waals surface area contributed by atoms with Crippen LogP contribution in [0.5, 0.6) is 0 Å². The van der Waals surface area contributed by atoms with Crippen LogP contribution in [0, 0.1) is 5.41 Å². The number of fused-ring (bicyclic) bond motifs is 1. The lowest BCUT2D eigenvalue weighted by molar-refractivity contribution is 0.0933. The van der Waals surface area contributed by atoms with Gasteiger partial charge in [-0.2, -0.15) is 0 Å². The normalized spacial score (nSPS) is 11.8. The summed E-state index contributed by atoms with van der Waals surface area (Å²) < 4.78 is 1.03. The number of hydrogen-bond acceptors (Lipinski definition) is 4. The van der Waals surface area contributed by atoms with E-state index in [4.69, 9.17) is 5.11 Å². The SMILES string of the molecule is CC(C)(CCCO)CNC(=O)c1ccc2ncsc2c1. The molecule has 0 unspecified atom stereocenters. The van der Waals surface area contributed by atoms with Crippen LogP contribution >= 0.6 is 11.3 Å². The van der Waals surface area contributed by atoms with E-state index in [2.05, 4.69) is 24.1 Å². The highest BCUT2D eigenvalue weighted by molar-refractivity contribution is 7.16. The molecule has 0 saturated heterocycles. The first kappa shape index (κ1) is 14.9. The second kappa shape index (κ2) is 6.33. The van der Waals surface area contributed by atoms with Gasteiger partial charge in [0.05, 0.1) is 15.7 Å². The number of thiazole rings is 1. The molecule has 2 rings (SSSR count). The van der Waals surface area contributed by atoms with Crippen LogP contribution in [0.4, 0.5) is 0 Å². The highest BCUT2D eigenvalue weighted by atomic mass is 32.1. The van der Waals surface area contributed by atoms with E-state index in [0.29, 0.717) is 12.1 Å². The molecule has 0 bridgehead atoms. The molecule has 0 spiro atoms. The van der Waals surface area contributed by atoms with Gasteiger partial charge >= 0.3 is 0 Å². The van der Waals surface area contributed by atoms with Gasteiger partial charge in [-0.3, -0.25) is 4.79 Å². The third-order valence-corrected chi connectivity index (χ3v) is 4.12. The van der Waals surface area contributed by atoms with Crippen molar-refractivity contribution in [3.63, 3.8) is 0 Å². The minimum Gasteiger partial charge on any atom is -0.396 e. The summed E-state index contributed by atoms with van der Waals surface area (Å²) in [5.41, 5.74) is 3.37. The van der Waals surface area contributed by atoms with Crippen LogP contribution in [-0.4, -0.2) is 29.1 Å². The zero-order chi connectivity index (χ0) is 14.6. The molecule has 0 radical (unpaired) electrons. The van der Waals surface area contributed by atoms with Gasteiger partial charge in [0.25, 0.3) is 5.91 Å². The third-order valence-electron chi connectivity index (χ3n) is 3.33. The Balaban J connectivity index is 1.97. The molecule has 20 heavy (non-hydrogen) atoms. The Morgan fingerprint density at radius 1 is 1.45 bits per heavy atom. The van der Waals surface area contributed by atoms with Gasteiger partial charge in [-0.15, -0.1) is 11.3 Å². The molecule has 0 atom stereocenters. The fourth-order valence-electron chi connectivity index (χ4n) is 2.06. The van der Waals surface area contributed by atoms with E-state index in [1.165, 1.54) is 11.3 Å². The summed E-state index contributed by atoms with van der Waals surface area (Å²) >= 11 is 1.53. The second-order valence-corrected chi connectivity index (χ2v) is 6.60. The van der Waals surface area contributed by atoms with Crippen molar-refractivity contribution in [3.8, 4) is 0 Å². The Kier molecular flexibility index (Phi) is 4.73. The average Bonchev–Trinajstić information content (AvgIpc) is 2.90. The molecule has 1 amide bonds. The zero-order valence-corrected chi connectivity index (χ0v) is 12.7. The van der Waals surface area contributed by atoms with Crippen molar-refractivity contribution < 1.29 is 9.90 Å². The maximum atomic E-state index is 12.2. The van der Waals surface area contributed by atoms with Gasteiger partial charge in [0.15, 0.2) is 0 Å². The molecular weight excluding hydrogens is 272 g/mol. The number of carbonyl (C=O) groups is 1. The van der Waals surface area contributed by atoms with E-state index in [0.717, 1.165) is 23.1 Å². The van der Waals surface area contributed by atoms with E-state index in [1.807, 2.05) is 12.1 Å². The predicted octanol–water partition coefficient (Wildman–Crippen LogP) is 2.82. The highest BCUT2D eigenvalue weighted by Crippen LogP contribution is 2.22. The van der Waals surface area contributed by atoms with E-state index in [9.17, 15) is 4.79 Å². The van der Waals surface area contributed by atoms with Crippen molar-refractivity contribution >= 4 is 27.5 Å². The molecule has 5 heteroatoms. The van der Waals surface area contributed by atoms with Crippen LogP contribution in [0.15, 0.2) is 23.7 Å². The number of amides is 1. The van der Waals surface area contributed by atoms with Gasteiger partial charge < -0.3 is 10.4 Å². The first-order valence-electron chi connectivity index (χ1n) is 6.74. The maximum Gasteiger partial charge on any atom is 0.251 e. The van der Waals surface area contributed by atoms with Gasteiger partial charge in [0.1, 0.15) is 0 Å². The Morgan fingerprint density at radius 2 is 2.25 bits per heavy atom. The summed E-state index contributed by atoms with van der Waals surface area (Å²) in [6.45, 7) is 4.98. The Labute approximate surface area is 122 Å². The van der Waals surface area contributed by atoms with Crippen molar-refractivity contribution in [2.75, 3.05) is 13.2 Å². The van der Waals surface area contributed by atoms with E-state index in [-0.39, 0.29) is 17.9 Å². The lowest BCUT2D eigenvalue weighted by atomic mass is 9.88. The summed E-state index contributed by atoms with van der Waals surface area (Å²) in [6, 6.07) is 5.55. The standard InChI is InChI=1S/C15H20N2O2S/c1-15(2,6-3-7-18)9-16-14(19)11-4-5-12-13(8-11)20-10-17-12/h4-5,8,10,18H,3,6-7,9H2,1-2H3,(H,16,19). The number of nitrogens with zero attached hydrogens (tertiary/aromatic N) is 1. The maximum absolute atomic E-state index is 12.2. The molecule has 2 N–H and O–H groups in total. The number of aromatic nitrogens is 1. The van der Waals surface area contributed by atoms with Crippen LogP contribution in [0.2, 0.25) is 0 Å². The summed E-state index contributed by atoms with van der Waals surface area (Å²) in [7, 11) is 0. The van der Waals surface area contributed by atoms with E-state index >= 15 is 0 Å². The van der Waals surface area contributed by atoms with Gasteiger partial charge in [-0.1, -0.05) is 13.8 Å². The van der Waals surface area contributed by atoms with E-state index < -0.39 is 0 Å². The summed E-state index contributed by atoms with van der Waals surface area (Å²) in [4.78, 5) is 16.4. The van der Waals surface area contributed by atoms with Crippen LogP contribution in [-0.2, 0) is 0 Å². The Hall–Kier alpha value is -1.46. The lowest BCUT2D eigenvalue weighted by Crippen LogP contribution is -2.34. The molecule has 1 aromatic carbocycles. The fourth-order valence-corrected chi connectivity index (χ4v) is 2.78. The van der Waals surface area contributed by atoms with Crippen LogP contribution in [0.3, 0.4) is 0 Å². The van der Waals surface area contributed by atoms with Gasteiger partial charge in [-0.25, -0.2) is 4.98 Å². The quantitative estimate of drug-likeness (QED) is 0.860. The minimum absolute atomic E-state index is 0.00697. The topological polar surface area (TPSA) is 62.2 Å². The monoisotopic (exact) mass is 292 g/mol. The van der Waals surface area contributed by atoms with Crippen molar-refractivity contribution in [2.45, 2.75) is 26.7 Å². The molecule has 0 aliphatic heterocycles. The minimum atomic E-state index is -0.0580. The molecule has 2 aromatic rings. The third kappa shape index (κ3) is 3.77. The van der Waals surface area contributed by atoms with Crippen molar-refractivity contribution in [2.24, 2.45) is 5.41 Å². The predicted molar refractivity (Wildman–Crippen MR) is 82.1 cm³/mol. The number of rotatable bonds is 6. The Morgan fingerprint density at radius 3 is 3.00 bits per heavy atom. The van der Waals surface area contributed by atoms with Crippen LogP contribution in [0.25, 0.3) is 10.2 Å².